The van der Waals surface area contributed by atoms with Gasteiger partial charge in [0.15, 0.2) is 5.11 Å². The lowest BCUT2D eigenvalue weighted by Gasteiger charge is -2.14. The molecule has 2 rings (SSSR count). The Morgan fingerprint density at radius 3 is 2.45 bits per heavy atom. The lowest BCUT2D eigenvalue weighted by Crippen LogP contribution is -2.19. The van der Waals surface area contributed by atoms with Gasteiger partial charge in [0, 0.05) is 15.8 Å². The van der Waals surface area contributed by atoms with Crippen molar-refractivity contribution >= 4 is 44.6 Å². The summed E-state index contributed by atoms with van der Waals surface area (Å²) in [6.07, 6.45) is 0.938. The van der Waals surface area contributed by atoms with E-state index < -0.39 is 0 Å². The van der Waals surface area contributed by atoms with Crippen molar-refractivity contribution in [1.29, 1.82) is 0 Å². The summed E-state index contributed by atoms with van der Waals surface area (Å²) < 4.78 is 6.49. The molecule has 0 saturated heterocycles. The van der Waals surface area contributed by atoms with Crippen molar-refractivity contribution in [3.05, 3.63) is 52.5 Å². The first kappa shape index (κ1) is 16.8. The molecule has 0 fully saturated rings. The molecule has 2 aromatic carbocycles. The molecule has 5 heteroatoms. The minimum atomic E-state index is 0.571. The smallest absolute Gasteiger partial charge is 0.175 e. The molecule has 0 aliphatic rings. The van der Waals surface area contributed by atoms with Crippen molar-refractivity contribution in [2.24, 2.45) is 0 Å². The van der Waals surface area contributed by atoms with Crippen molar-refractivity contribution in [2.75, 3.05) is 17.2 Å². The van der Waals surface area contributed by atoms with Crippen LogP contribution in [0.1, 0.15) is 19.4 Å². The van der Waals surface area contributed by atoms with E-state index in [-0.39, 0.29) is 0 Å². The van der Waals surface area contributed by atoms with E-state index in [2.05, 4.69) is 39.6 Å². The van der Waals surface area contributed by atoms with Crippen LogP contribution in [0.25, 0.3) is 0 Å². The highest BCUT2D eigenvalue weighted by molar-refractivity contribution is 9.10. The van der Waals surface area contributed by atoms with Gasteiger partial charge in [0.1, 0.15) is 5.75 Å². The second kappa shape index (κ2) is 8.15. The van der Waals surface area contributed by atoms with Crippen LogP contribution in [0.5, 0.6) is 5.75 Å². The highest BCUT2D eigenvalue weighted by Gasteiger charge is 2.04. The summed E-state index contributed by atoms with van der Waals surface area (Å²) in [5.74, 6) is 0.855. The molecule has 2 aromatic rings. The summed E-state index contributed by atoms with van der Waals surface area (Å²) in [7, 11) is 0. The summed E-state index contributed by atoms with van der Waals surface area (Å²) >= 11 is 8.87. The van der Waals surface area contributed by atoms with Crippen LogP contribution in [-0.2, 0) is 6.42 Å². The number of thiocarbonyl (C=S) groups is 1. The van der Waals surface area contributed by atoms with Crippen LogP contribution in [0.3, 0.4) is 0 Å². The number of hydrogen-bond donors (Lipinski definition) is 2. The first-order valence-corrected chi connectivity index (χ1v) is 8.41. The lowest BCUT2D eigenvalue weighted by atomic mass is 10.1. The quantitative estimate of drug-likeness (QED) is 0.698. The fraction of sp³-hybridized carbons (Fsp3) is 0.235. The van der Waals surface area contributed by atoms with Gasteiger partial charge in [0.25, 0.3) is 0 Å². The van der Waals surface area contributed by atoms with E-state index in [9.17, 15) is 0 Å². The van der Waals surface area contributed by atoms with Gasteiger partial charge in [-0.1, -0.05) is 22.9 Å². The van der Waals surface area contributed by atoms with Crippen LogP contribution in [0, 0.1) is 0 Å². The van der Waals surface area contributed by atoms with E-state index in [1.54, 1.807) is 0 Å². The number of aryl methyl sites for hydroxylation is 1. The maximum absolute atomic E-state index is 5.42. The molecule has 0 atom stereocenters. The summed E-state index contributed by atoms with van der Waals surface area (Å²) in [4.78, 5) is 0. The average molecular weight is 379 g/mol. The first-order valence-electron chi connectivity index (χ1n) is 7.21. The standard InChI is InChI=1S/C17H19BrN2OS/c1-3-12-11-13(18)5-10-16(12)20-17(22)19-14-6-8-15(9-7-14)21-4-2/h5-11H,3-4H2,1-2H3,(H2,19,20,22). The molecule has 0 amide bonds. The molecular formula is C17H19BrN2OS. The minimum absolute atomic E-state index is 0.571. The van der Waals surface area contributed by atoms with Crippen LogP contribution in [0.15, 0.2) is 46.9 Å². The Kier molecular flexibility index (Phi) is 6.21. The topological polar surface area (TPSA) is 33.3 Å². The highest BCUT2D eigenvalue weighted by atomic mass is 79.9. The molecule has 0 radical (unpaired) electrons. The predicted molar refractivity (Wildman–Crippen MR) is 101 cm³/mol. The van der Waals surface area contributed by atoms with E-state index in [0.29, 0.717) is 11.7 Å². The summed E-state index contributed by atoms with van der Waals surface area (Å²) in [6.45, 7) is 4.75. The van der Waals surface area contributed by atoms with E-state index in [4.69, 9.17) is 17.0 Å². The number of halogens is 1. The second-order valence-corrected chi connectivity index (χ2v) is 6.02. The minimum Gasteiger partial charge on any atom is -0.494 e. The zero-order valence-electron chi connectivity index (χ0n) is 12.7. The Bertz CT molecular complexity index is 644. The molecule has 0 spiro atoms. The molecule has 116 valence electrons. The fourth-order valence-corrected chi connectivity index (χ4v) is 2.70. The predicted octanol–water partition coefficient (Wildman–Crippen LogP) is 5.22. The number of benzene rings is 2. The molecule has 0 aliphatic heterocycles. The van der Waals surface area contributed by atoms with Crippen molar-refractivity contribution in [3.63, 3.8) is 0 Å². The largest absolute Gasteiger partial charge is 0.494 e. The molecule has 0 saturated carbocycles. The number of rotatable bonds is 5. The molecule has 2 N–H and O–H groups in total. The van der Waals surface area contributed by atoms with Gasteiger partial charge in [-0.25, -0.2) is 0 Å². The Morgan fingerprint density at radius 1 is 1.09 bits per heavy atom. The normalized spacial score (nSPS) is 10.1. The SMILES string of the molecule is CCOc1ccc(NC(=S)Nc2ccc(Br)cc2CC)cc1. The van der Waals surface area contributed by atoms with Gasteiger partial charge >= 0.3 is 0 Å². The molecule has 0 unspecified atom stereocenters. The number of hydrogen-bond acceptors (Lipinski definition) is 2. The van der Waals surface area contributed by atoms with Gasteiger partial charge in [-0.2, -0.15) is 0 Å². The second-order valence-electron chi connectivity index (χ2n) is 4.69. The van der Waals surface area contributed by atoms with Gasteiger partial charge in [-0.05, 0) is 73.6 Å². The Balaban J connectivity index is 2.01. The van der Waals surface area contributed by atoms with Crippen LogP contribution in [0.4, 0.5) is 11.4 Å². The van der Waals surface area contributed by atoms with Gasteiger partial charge in [-0.3, -0.25) is 0 Å². The molecule has 0 aromatic heterocycles. The fourth-order valence-electron chi connectivity index (χ4n) is 2.06. The van der Waals surface area contributed by atoms with E-state index in [1.807, 2.05) is 43.3 Å². The van der Waals surface area contributed by atoms with Gasteiger partial charge in [0.2, 0.25) is 0 Å². The van der Waals surface area contributed by atoms with Gasteiger partial charge in [-0.15, -0.1) is 0 Å². The molecule has 0 aliphatic carbocycles. The van der Waals surface area contributed by atoms with Crippen molar-refractivity contribution in [2.45, 2.75) is 20.3 Å². The molecule has 0 bridgehead atoms. The monoisotopic (exact) mass is 378 g/mol. The van der Waals surface area contributed by atoms with Crippen molar-refractivity contribution in [3.8, 4) is 5.75 Å². The molecule has 0 heterocycles. The van der Waals surface area contributed by atoms with Crippen molar-refractivity contribution < 1.29 is 4.74 Å². The van der Waals surface area contributed by atoms with E-state index in [0.717, 1.165) is 28.0 Å². The van der Waals surface area contributed by atoms with Crippen LogP contribution < -0.4 is 15.4 Å². The first-order chi connectivity index (χ1) is 10.6. The molecule has 3 nitrogen and oxygen atoms in total. The van der Waals surface area contributed by atoms with E-state index in [1.165, 1.54) is 5.56 Å². The Morgan fingerprint density at radius 2 is 1.82 bits per heavy atom. The summed E-state index contributed by atoms with van der Waals surface area (Å²) in [5, 5.41) is 6.99. The third-order valence-electron chi connectivity index (χ3n) is 3.12. The number of nitrogens with one attached hydrogen (secondary N) is 2. The maximum Gasteiger partial charge on any atom is 0.175 e. The zero-order valence-corrected chi connectivity index (χ0v) is 15.1. The highest BCUT2D eigenvalue weighted by Crippen LogP contribution is 2.22. The zero-order chi connectivity index (χ0) is 15.9. The van der Waals surface area contributed by atoms with E-state index >= 15 is 0 Å². The Labute approximate surface area is 145 Å². The number of ether oxygens (including phenoxy) is 1. The van der Waals surface area contributed by atoms with Crippen LogP contribution in [0.2, 0.25) is 0 Å². The Hall–Kier alpha value is -1.59. The molecule has 22 heavy (non-hydrogen) atoms. The average Bonchev–Trinajstić information content (AvgIpc) is 2.51. The van der Waals surface area contributed by atoms with Crippen LogP contribution >= 0.6 is 28.1 Å². The maximum atomic E-state index is 5.42. The van der Waals surface area contributed by atoms with Crippen LogP contribution in [-0.4, -0.2) is 11.7 Å². The third kappa shape index (κ3) is 4.71. The summed E-state index contributed by atoms with van der Waals surface area (Å²) in [5.41, 5.74) is 3.16. The van der Waals surface area contributed by atoms with Gasteiger partial charge < -0.3 is 15.4 Å². The third-order valence-corrected chi connectivity index (χ3v) is 3.82. The summed E-state index contributed by atoms with van der Waals surface area (Å²) in [6, 6.07) is 13.9. The van der Waals surface area contributed by atoms with Crippen molar-refractivity contribution in [1.82, 2.24) is 0 Å². The molecular weight excluding hydrogens is 360 g/mol. The number of anilines is 2. The lowest BCUT2D eigenvalue weighted by molar-refractivity contribution is 0.340. The van der Waals surface area contributed by atoms with Gasteiger partial charge in [0.05, 0.1) is 6.61 Å².